The Bertz CT molecular complexity index is 676. The highest BCUT2D eigenvalue weighted by Gasteiger charge is 2.35. The van der Waals surface area contributed by atoms with Crippen LogP contribution in [0.15, 0.2) is 30.5 Å². The lowest BCUT2D eigenvalue weighted by Crippen LogP contribution is -2.40. The number of carbonyl (C=O) groups is 1. The van der Waals surface area contributed by atoms with Crippen LogP contribution < -0.4 is 10.6 Å². The molecule has 1 amide bonds. The molecule has 2 heterocycles. The molecule has 0 spiro atoms. The molecule has 110 valence electrons. The molecule has 6 heteroatoms. The summed E-state index contributed by atoms with van der Waals surface area (Å²) >= 11 is 0. The Balaban J connectivity index is 1.83. The minimum absolute atomic E-state index is 0.0388. The standard InChI is InChI=1S/C15H19N5O/c1-15(2)7-11-5-3-4-6-13(11)20(15)9-12-8-19(18-17-12)10-14(16)21/h3-6,8H,7,9-10H2,1-2H3,(H2,16,21). The van der Waals surface area contributed by atoms with E-state index in [1.807, 2.05) is 0 Å². The van der Waals surface area contributed by atoms with Gasteiger partial charge in [0.25, 0.3) is 0 Å². The fourth-order valence-electron chi connectivity index (χ4n) is 2.92. The molecule has 0 aliphatic carbocycles. The van der Waals surface area contributed by atoms with Gasteiger partial charge in [0.05, 0.1) is 12.7 Å². The molecule has 1 aromatic carbocycles. The molecule has 0 saturated heterocycles. The van der Waals surface area contributed by atoms with Gasteiger partial charge in [-0.05, 0) is 31.9 Å². The summed E-state index contributed by atoms with van der Waals surface area (Å²) in [5.41, 5.74) is 8.64. The summed E-state index contributed by atoms with van der Waals surface area (Å²) in [5.74, 6) is -0.418. The summed E-state index contributed by atoms with van der Waals surface area (Å²) in [5, 5.41) is 8.08. The summed E-state index contributed by atoms with van der Waals surface area (Å²) in [4.78, 5) is 13.2. The molecule has 1 aliphatic rings. The normalized spacial score (nSPS) is 16.0. The zero-order valence-corrected chi connectivity index (χ0v) is 12.3. The molecule has 0 radical (unpaired) electrons. The molecular formula is C15H19N5O. The van der Waals surface area contributed by atoms with Crippen LogP contribution in [0.25, 0.3) is 0 Å². The lowest BCUT2D eigenvalue weighted by atomic mass is 9.99. The van der Waals surface area contributed by atoms with Crippen LogP contribution in [-0.4, -0.2) is 26.4 Å². The Morgan fingerprint density at radius 1 is 1.38 bits per heavy atom. The van der Waals surface area contributed by atoms with E-state index in [4.69, 9.17) is 5.73 Å². The van der Waals surface area contributed by atoms with Crippen LogP contribution in [0.5, 0.6) is 0 Å². The van der Waals surface area contributed by atoms with Gasteiger partial charge < -0.3 is 10.6 Å². The van der Waals surface area contributed by atoms with E-state index in [0.29, 0.717) is 6.54 Å². The Hall–Kier alpha value is -2.37. The zero-order chi connectivity index (χ0) is 15.0. The fourth-order valence-corrected chi connectivity index (χ4v) is 2.92. The largest absolute Gasteiger partial charge is 0.368 e. The van der Waals surface area contributed by atoms with Crippen molar-refractivity contribution in [3.8, 4) is 0 Å². The molecule has 2 aromatic rings. The minimum atomic E-state index is -0.418. The fraction of sp³-hybridized carbons (Fsp3) is 0.400. The number of rotatable bonds is 4. The van der Waals surface area contributed by atoms with Crippen LogP contribution in [-0.2, 0) is 24.3 Å². The quantitative estimate of drug-likeness (QED) is 0.912. The van der Waals surface area contributed by atoms with E-state index in [0.717, 1.165) is 12.1 Å². The Morgan fingerprint density at radius 2 is 2.14 bits per heavy atom. The predicted molar refractivity (Wildman–Crippen MR) is 79.6 cm³/mol. The maximum Gasteiger partial charge on any atom is 0.239 e. The molecule has 1 aliphatic heterocycles. The van der Waals surface area contributed by atoms with Crippen molar-refractivity contribution in [1.29, 1.82) is 0 Å². The summed E-state index contributed by atoms with van der Waals surface area (Å²) in [6, 6.07) is 8.43. The first-order chi connectivity index (χ1) is 9.95. The van der Waals surface area contributed by atoms with Crippen LogP contribution in [0, 0.1) is 0 Å². The molecule has 3 rings (SSSR count). The van der Waals surface area contributed by atoms with Crippen molar-refractivity contribution in [2.24, 2.45) is 5.73 Å². The van der Waals surface area contributed by atoms with Gasteiger partial charge in [-0.15, -0.1) is 5.10 Å². The number of hydrogen-bond donors (Lipinski definition) is 1. The number of primary amides is 1. The Morgan fingerprint density at radius 3 is 2.90 bits per heavy atom. The number of para-hydroxylation sites is 1. The van der Waals surface area contributed by atoms with Crippen LogP contribution in [0.4, 0.5) is 5.69 Å². The minimum Gasteiger partial charge on any atom is -0.368 e. The van der Waals surface area contributed by atoms with Crippen molar-refractivity contribution in [3.63, 3.8) is 0 Å². The number of hydrogen-bond acceptors (Lipinski definition) is 4. The monoisotopic (exact) mass is 285 g/mol. The number of aromatic nitrogens is 3. The lowest BCUT2D eigenvalue weighted by molar-refractivity contribution is -0.118. The van der Waals surface area contributed by atoms with Crippen molar-refractivity contribution in [3.05, 3.63) is 41.7 Å². The summed E-state index contributed by atoms with van der Waals surface area (Å²) in [6.07, 6.45) is 2.79. The molecule has 0 fully saturated rings. The van der Waals surface area contributed by atoms with Crippen LogP contribution in [0.3, 0.4) is 0 Å². The first kappa shape index (κ1) is 13.6. The highest BCUT2D eigenvalue weighted by Crippen LogP contribution is 2.39. The summed E-state index contributed by atoms with van der Waals surface area (Å²) < 4.78 is 1.48. The maximum absolute atomic E-state index is 10.9. The average molecular weight is 285 g/mol. The molecule has 6 nitrogen and oxygen atoms in total. The summed E-state index contributed by atoms with van der Waals surface area (Å²) in [6.45, 7) is 5.18. The number of anilines is 1. The lowest BCUT2D eigenvalue weighted by Gasteiger charge is -2.33. The van der Waals surface area contributed by atoms with Gasteiger partial charge in [0, 0.05) is 11.2 Å². The number of carbonyl (C=O) groups excluding carboxylic acids is 1. The number of nitrogens with zero attached hydrogens (tertiary/aromatic N) is 4. The van der Waals surface area contributed by atoms with Gasteiger partial charge in [0.1, 0.15) is 12.2 Å². The van der Waals surface area contributed by atoms with E-state index in [-0.39, 0.29) is 12.1 Å². The second kappa shape index (κ2) is 4.87. The number of nitrogens with two attached hydrogens (primary N) is 1. The van der Waals surface area contributed by atoms with Crippen LogP contribution in [0.1, 0.15) is 25.1 Å². The van der Waals surface area contributed by atoms with Crippen molar-refractivity contribution < 1.29 is 4.79 Å². The SMILES string of the molecule is CC1(C)Cc2ccccc2N1Cc1cn(CC(N)=O)nn1. The van der Waals surface area contributed by atoms with E-state index < -0.39 is 5.91 Å². The van der Waals surface area contributed by atoms with Crippen LogP contribution in [0.2, 0.25) is 0 Å². The second-order valence-electron chi connectivity index (χ2n) is 6.08. The van der Waals surface area contributed by atoms with Crippen LogP contribution >= 0.6 is 0 Å². The van der Waals surface area contributed by atoms with Gasteiger partial charge in [0.2, 0.25) is 5.91 Å². The summed E-state index contributed by atoms with van der Waals surface area (Å²) in [7, 11) is 0. The topological polar surface area (TPSA) is 77.0 Å². The highest BCUT2D eigenvalue weighted by atomic mass is 16.1. The molecule has 21 heavy (non-hydrogen) atoms. The van der Waals surface area contributed by atoms with E-state index in [9.17, 15) is 4.79 Å². The van der Waals surface area contributed by atoms with Crippen molar-refractivity contribution in [1.82, 2.24) is 15.0 Å². The average Bonchev–Trinajstić information content (AvgIpc) is 2.92. The Kier molecular flexibility index (Phi) is 3.16. The van der Waals surface area contributed by atoms with Gasteiger partial charge in [-0.3, -0.25) is 4.79 Å². The molecule has 0 saturated carbocycles. The van der Waals surface area contributed by atoms with E-state index in [1.54, 1.807) is 6.20 Å². The number of benzene rings is 1. The molecular weight excluding hydrogens is 266 g/mol. The molecule has 1 aromatic heterocycles. The molecule has 0 atom stereocenters. The van der Waals surface area contributed by atoms with Gasteiger partial charge in [-0.25, -0.2) is 4.68 Å². The van der Waals surface area contributed by atoms with E-state index in [1.165, 1.54) is 15.9 Å². The zero-order valence-electron chi connectivity index (χ0n) is 12.3. The third-order valence-corrected chi connectivity index (χ3v) is 3.86. The maximum atomic E-state index is 10.9. The Labute approximate surface area is 123 Å². The van der Waals surface area contributed by atoms with Crippen molar-refractivity contribution >= 4 is 11.6 Å². The third-order valence-electron chi connectivity index (χ3n) is 3.86. The third kappa shape index (κ3) is 2.61. The number of fused-ring (bicyclic) bond motifs is 1. The smallest absolute Gasteiger partial charge is 0.239 e. The molecule has 0 bridgehead atoms. The predicted octanol–water partition coefficient (Wildman–Crippen LogP) is 1.10. The second-order valence-corrected chi connectivity index (χ2v) is 6.08. The van der Waals surface area contributed by atoms with E-state index in [2.05, 4.69) is 53.3 Å². The molecule has 2 N–H and O–H groups in total. The highest BCUT2D eigenvalue weighted by molar-refractivity contribution is 5.73. The molecule has 0 unspecified atom stereocenters. The van der Waals surface area contributed by atoms with Gasteiger partial charge in [0.15, 0.2) is 0 Å². The number of amides is 1. The van der Waals surface area contributed by atoms with Gasteiger partial charge >= 0.3 is 0 Å². The first-order valence-corrected chi connectivity index (χ1v) is 6.98. The van der Waals surface area contributed by atoms with Crippen molar-refractivity contribution in [2.75, 3.05) is 4.90 Å². The van der Waals surface area contributed by atoms with Gasteiger partial charge in [-0.2, -0.15) is 0 Å². The van der Waals surface area contributed by atoms with Crippen molar-refractivity contribution in [2.45, 2.75) is 38.9 Å². The first-order valence-electron chi connectivity index (χ1n) is 6.98. The van der Waals surface area contributed by atoms with Gasteiger partial charge in [-0.1, -0.05) is 23.4 Å². The van der Waals surface area contributed by atoms with E-state index >= 15 is 0 Å².